The number of nitrogens with one attached hydrogen (secondary N) is 1. The van der Waals surface area contributed by atoms with E-state index in [-0.39, 0.29) is 0 Å². The van der Waals surface area contributed by atoms with E-state index in [0.717, 1.165) is 18.0 Å². The third kappa shape index (κ3) is 3.18. The third-order valence-corrected chi connectivity index (χ3v) is 3.09. The highest BCUT2D eigenvalue weighted by Crippen LogP contribution is 2.28. The zero-order valence-corrected chi connectivity index (χ0v) is 10.4. The standard InChI is InChI=1S/C12H19ClN2/c1-4-10(9(3)15-5-2)11-6-7-14-8-12(11)13/h6-10,15H,4-5H2,1-3H3. The lowest BCUT2D eigenvalue weighted by atomic mass is 9.90. The van der Waals surface area contributed by atoms with Gasteiger partial charge in [0.1, 0.15) is 0 Å². The normalized spacial score (nSPS) is 14.9. The molecule has 0 bridgehead atoms. The van der Waals surface area contributed by atoms with Crippen LogP contribution >= 0.6 is 11.6 Å². The van der Waals surface area contributed by atoms with Crippen LogP contribution in [0.1, 0.15) is 38.7 Å². The molecule has 0 aliphatic carbocycles. The van der Waals surface area contributed by atoms with Crippen LogP contribution in [0.3, 0.4) is 0 Å². The van der Waals surface area contributed by atoms with E-state index < -0.39 is 0 Å². The van der Waals surface area contributed by atoms with Crippen LogP contribution in [-0.4, -0.2) is 17.6 Å². The van der Waals surface area contributed by atoms with Crippen LogP contribution in [0.15, 0.2) is 18.5 Å². The number of halogens is 1. The van der Waals surface area contributed by atoms with Gasteiger partial charge in [-0.25, -0.2) is 0 Å². The summed E-state index contributed by atoms with van der Waals surface area (Å²) in [5.41, 5.74) is 1.20. The van der Waals surface area contributed by atoms with Gasteiger partial charge < -0.3 is 5.32 Å². The molecule has 1 N–H and O–H groups in total. The molecule has 1 rings (SSSR count). The highest BCUT2D eigenvalue weighted by molar-refractivity contribution is 6.31. The molecule has 0 aromatic carbocycles. The average Bonchev–Trinajstić information content (AvgIpc) is 2.22. The Labute approximate surface area is 97.1 Å². The van der Waals surface area contributed by atoms with Crippen molar-refractivity contribution in [2.45, 2.75) is 39.2 Å². The fraction of sp³-hybridized carbons (Fsp3) is 0.583. The molecule has 0 fully saturated rings. The van der Waals surface area contributed by atoms with Gasteiger partial charge in [-0.1, -0.05) is 25.4 Å². The van der Waals surface area contributed by atoms with Crippen LogP contribution < -0.4 is 5.32 Å². The lowest BCUT2D eigenvalue weighted by Crippen LogP contribution is -2.31. The van der Waals surface area contributed by atoms with E-state index in [4.69, 9.17) is 11.6 Å². The molecule has 0 amide bonds. The SMILES string of the molecule is CCNC(C)C(CC)c1ccncc1Cl. The molecule has 0 saturated carbocycles. The summed E-state index contributed by atoms with van der Waals surface area (Å²) < 4.78 is 0. The first kappa shape index (κ1) is 12.5. The van der Waals surface area contributed by atoms with Crippen LogP contribution in [0.5, 0.6) is 0 Å². The summed E-state index contributed by atoms with van der Waals surface area (Å²) in [6.07, 6.45) is 4.61. The lowest BCUT2D eigenvalue weighted by molar-refractivity contribution is 0.460. The predicted molar refractivity (Wildman–Crippen MR) is 65.4 cm³/mol. The van der Waals surface area contributed by atoms with Crippen molar-refractivity contribution in [1.82, 2.24) is 10.3 Å². The van der Waals surface area contributed by atoms with Crippen molar-refractivity contribution in [1.29, 1.82) is 0 Å². The van der Waals surface area contributed by atoms with E-state index in [1.165, 1.54) is 5.56 Å². The molecule has 3 heteroatoms. The minimum absolute atomic E-state index is 0.444. The lowest BCUT2D eigenvalue weighted by Gasteiger charge is -2.24. The fourth-order valence-corrected chi connectivity index (χ4v) is 2.25. The Hall–Kier alpha value is -0.600. The van der Waals surface area contributed by atoms with Crippen LogP contribution in [0.2, 0.25) is 5.02 Å². The molecule has 84 valence electrons. The molecule has 0 spiro atoms. The molecule has 2 nitrogen and oxygen atoms in total. The van der Waals surface area contributed by atoms with Crippen LogP contribution in [-0.2, 0) is 0 Å². The molecule has 0 aliphatic rings. The Morgan fingerprint density at radius 1 is 1.47 bits per heavy atom. The highest BCUT2D eigenvalue weighted by atomic mass is 35.5. The summed E-state index contributed by atoms with van der Waals surface area (Å²) >= 11 is 6.15. The summed E-state index contributed by atoms with van der Waals surface area (Å²) in [4.78, 5) is 4.01. The van der Waals surface area contributed by atoms with Crippen molar-refractivity contribution in [3.8, 4) is 0 Å². The second-order valence-electron chi connectivity index (χ2n) is 3.76. The van der Waals surface area contributed by atoms with Crippen molar-refractivity contribution in [3.05, 3.63) is 29.0 Å². The zero-order chi connectivity index (χ0) is 11.3. The topological polar surface area (TPSA) is 24.9 Å². The first-order chi connectivity index (χ1) is 7.20. The van der Waals surface area contributed by atoms with Crippen molar-refractivity contribution < 1.29 is 0 Å². The Bertz CT molecular complexity index is 301. The van der Waals surface area contributed by atoms with Crippen LogP contribution in [0, 0.1) is 0 Å². The maximum Gasteiger partial charge on any atom is 0.0624 e. The molecule has 15 heavy (non-hydrogen) atoms. The molecule has 0 radical (unpaired) electrons. The van der Waals surface area contributed by atoms with E-state index >= 15 is 0 Å². The van der Waals surface area contributed by atoms with Gasteiger partial charge in [0.2, 0.25) is 0 Å². The summed E-state index contributed by atoms with van der Waals surface area (Å²) in [6.45, 7) is 7.50. The van der Waals surface area contributed by atoms with Gasteiger partial charge in [-0.2, -0.15) is 0 Å². The number of hydrogen-bond donors (Lipinski definition) is 1. The number of aromatic nitrogens is 1. The maximum atomic E-state index is 6.15. The summed E-state index contributed by atoms with van der Waals surface area (Å²) in [5, 5.41) is 4.22. The first-order valence-corrected chi connectivity index (χ1v) is 5.91. The Morgan fingerprint density at radius 3 is 2.73 bits per heavy atom. The van der Waals surface area contributed by atoms with Gasteiger partial charge in [-0.05, 0) is 31.5 Å². The molecule has 1 heterocycles. The van der Waals surface area contributed by atoms with Crippen LogP contribution in [0.4, 0.5) is 0 Å². The second-order valence-corrected chi connectivity index (χ2v) is 4.17. The van der Waals surface area contributed by atoms with Crippen LogP contribution in [0.25, 0.3) is 0 Å². The zero-order valence-electron chi connectivity index (χ0n) is 9.63. The van der Waals surface area contributed by atoms with E-state index in [1.807, 2.05) is 12.3 Å². The number of nitrogens with zero attached hydrogens (tertiary/aromatic N) is 1. The number of likely N-dealkylation sites (N-methyl/N-ethyl adjacent to an activating group) is 1. The molecule has 1 aromatic heterocycles. The number of hydrogen-bond acceptors (Lipinski definition) is 2. The van der Waals surface area contributed by atoms with Gasteiger partial charge in [-0.15, -0.1) is 0 Å². The van der Waals surface area contributed by atoms with Crippen molar-refractivity contribution in [3.63, 3.8) is 0 Å². The van der Waals surface area contributed by atoms with Gasteiger partial charge >= 0.3 is 0 Å². The minimum atomic E-state index is 0.444. The van der Waals surface area contributed by atoms with Gasteiger partial charge in [0, 0.05) is 24.4 Å². The largest absolute Gasteiger partial charge is 0.314 e. The summed E-state index contributed by atoms with van der Waals surface area (Å²) in [7, 11) is 0. The molecule has 2 atom stereocenters. The Balaban J connectivity index is 2.87. The smallest absolute Gasteiger partial charge is 0.0624 e. The van der Waals surface area contributed by atoms with Gasteiger partial charge in [-0.3, -0.25) is 4.98 Å². The quantitative estimate of drug-likeness (QED) is 0.834. The monoisotopic (exact) mass is 226 g/mol. The molecule has 0 aliphatic heterocycles. The molecule has 2 unspecified atom stereocenters. The Kier molecular flexibility index (Phi) is 5.06. The van der Waals surface area contributed by atoms with E-state index in [9.17, 15) is 0 Å². The van der Waals surface area contributed by atoms with Crippen molar-refractivity contribution in [2.75, 3.05) is 6.54 Å². The maximum absolute atomic E-state index is 6.15. The van der Waals surface area contributed by atoms with Crippen molar-refractivity contribution >= 4 is 11.6 Å². The number of rotatable bonds is 5. The van der Waals surface area contributed by atoms with Gasteiger partial charge in [0.05, 0.1) is 5.02 Å². The third-order valence-electron chi connectivity index (χ3n) is 2.77. The van der Waals surface area contributed by atoms with Gasteiger partial charge in [0.25, 0.3) is 0 Å². The molecule has 1 aromatic rings. The second kappa shape index (κ2) is 6.09. The molecule has 0 saturated heterocycles. The molecular weight excluding hydrogens is 208 g/mol. The Morgan fingerprint density at radius 2 is 2.20 bits per heavy atom. The number of pyridine rings is 1. The van der Waals surface area contributed by atoms with E-state index in [2.05, 4.69) is 31.1 Å². The fourth-order valence-electron chi connectivity index (χ4n) is 1.99. The average molecular weight is 227 g/mol. The highest BCUT2D eigenvalue weighted by Gasteiger charge is 2.18. The van der Waals surface area contributed by atoms with E-state index in [0.29, 0.717) is 12.0 Å². The van der Waals surface area contributed by atoms with Crippen molar-refractivity contribution in [2.24, 2.45) is 0 Å². The summed E-state index contributed by atoms with van der Waals surface area (Å²) in [6, 6.07) is 2.46. The van der Waals surface area contributed by atoms with Gasteiger partial charge in [0.15, 0.2) is 0 Å². The molecular formula is C12H19ClN2. The first-order valence-electron chi connectivity index (χ1n) is 5.53. The minimum Gasteiger partial charge on any atom is -0.314 e. The van der Waals surface area contributed by atoms with E-state index in [1.54, 1.807) is 6.20 Å². The predicted octanol–water partition coefficient (Wildman–Crippen LogP) is 3.23. The summed E-state index contributed by atoms with van der Waals surface area (Å²) in [5.74, 6) is 0.459.